The number of hydrogen-bond donors (Lipinski definition) is 0. The van der Waals surface area contributed by atoms with Crippen molar-refractivity contribution in [3.05, 3.63) is 5.21 Å². The maximum Gasteiger partial charge on any atom is 0.406 e. The van der Waals surface area contributed by atoms with E-state index in [0.717, 1.165) is 0 Å². The zero-order valence-electron chi connectivity index (χ0n) is 4.50. The van der Waals surface area contributed by atoms with Crippen molar-refractivity contribution in [2.45, 2.75) is 6.55 Å². The van der Waals surface area contributed by atoms with Crippen LogP contribution in [-0.4, -0.2) is 24.4 Å². The number of nitrogens with zero attached hydrogens (tertiary/aromatic N) is 3. The van der Waals surface area contributed by atoms with Crippen LogP contribution >= 0.6 is 0 Å². The lowest BCUT2D eigenvalue weighted by Gasteiger charge is -2.27. The van der Waals surface area contributed by atoms with Gasteiger partial charge in [0.1, 0.15) is 13.1 Å². The smallest absolute Gasteiger partial charge is 0.406 e. The SMILES string of the molecule is [O-][N+]1(C(F)F)CCN=N1. The minimum atomic E-state index is -2.99. The van der Waals surface area contributed by atoms with E-state index < -0.39 is 11.3 Å². The molecule has 9 heavy (non-hydrogen) atoms. The quantitative estimate of drug-likeness (QED) is 0.301. The normalized spacial score (nSPS) is 34.2. The van der Waals surface area contributed by atoms with Gasteiger partial charge in [0.25, 0.3) is 0 Å². The minimum Gasteiger partial charge on any atom is -0.599 e. The van der Waals surface area contributed by atoms with Crippen LogP contribution in [0.25, 0.3) is 0 Å². The topological polar surface area (TPSA) is 47.8 Å². The maximum absolute atomic E-state index is 11.6. The highest BCUT2D eigenvalue weighted by atomic mass is 19.3. The first-order chi connectivity index (χ1) is 4.15. The molecule has 1 aliphatic heterocycles. The summed E-state index contributed by atoms with van der Waals surface area (Å²) in [5, 5.41) is 16.5. The molecule has 1 rings (SSSR count). The van der Waals surface area contributed by atoms with Crippen molar-refractivity contribution in [3.63, 3.8) is 0 Å². The number of hydroxylamine groups is 2. The highest BCUT2D eigenvalue weighted by molar-refractivity contribution is 4.44. The first-order valence-electron chi connectivity index (χ1n) is 2.41. The summed E-state index contributed by atoms with van der Waals surface area (Å²) in [5.74, 6) is 0. The van der Waals surface area contributed by atoms with Crippen LogP contribution in [0.3, 0.4) is 0 Å². The molecule has 52 valence electrons. The molecule has 0 N–H and O–H groups in total. The Kier molecular flexibility index (Phi) is 1.42. The first kappa shape index (κ1) is 6.50. The molecule has 1 atom stereocenters. The van der Waals surface area contributed by atoms with Crippen LogP contribution in [0.15, 0.2) is 10.3 Å². The third-order valence-electron chi connectivity index (χ3n) is 1.04. The van der Waals surface area contributed by atoms with E-state index >= 15 is 0 Å². The predicted octanol–water partition coefficient (Wildman–Crippen LogP) is 0.904. The Morgan fingerprint density at radius 3 is 2.44 bits per heavy atom. The number of quaternary nitrogens is 1. The zero-order chi connectivity index (χ0) is 6.91. The molecule has 0 saturated heterocycles. The van der Waals surface area contributed by atoms with Gasteiger partial charge in [0.15, 0.2) is 0 Å². The number of rotatable bonds is 1. The Labute approximate surface area is 49.9 Å². The summed E-state index contributed by atoms with van der Waals surface area (Å²) in [4.78, 5) is 0. The number of hydrogen-bond acceptors (Lipinski definition) is 3. The van der Waals surface area contributed by atoms with Crippen LogP contribution in [0.4, 0.5) is 8.78 Å². The summed E-state index contributed by atoms with van der Waals surface area (Å²) in [6.07, 6.45) is 0. The summed E-state index contributed by atoms with van der Waals surface area (Å²) in [7, 11) is 0. The molecular weight excluding hydrogens is 132 g/mol. The van der Waals surface area contributed by atoms with Gasteiger partial charge in [-0.25, -0.2) is 0 Å². The lowest BCUT2D eigenvalue weighted by Crippen LogP contribution is -2.39. The molecule has 1 unspecified atom stereocenters. The molecule has 1 aliphatic rings. The largest absolute Gasteiger partial charge is 0.599 e. The zero-order valence-corrected chi connectivity index (χ0v) is 4.50. The molecule has 0 radical (unpaired) electrons. The summed E-state index contributed by atoms with van der Waals surface area (Å²) >= 11 is 0. The Hall–Kier alpha value is -0.620. The van der Waals surface area contributed by atoms with Gasteiger partial charge in [-0.15, -0.1) is 13.9 Å². The van der Waals surface area contributed by atoms with Crippen molar-refractivity contribution < 1.29 is 13.5 Å². The molecule has 0 aromatic carbocycles. The molecular formula is C3H5F2N3O. The van der Waals surface area contributed by atoms with E-state index in [1.54, 1.807) is 0 Å². The van der Waals surface area contributed by atoms with Gasteiger partial charge in [0.2, 0.25) is 0 Å². The minimum absolute atomic E-state index is 0.105. The van der Waals surface area contributed by atoms with Crippen molar-refractivity contribution in [2.75, 3.05) is 13.1 Å². The second-order valence-electron chi connectivity index (χ2n) is 1.71. The van der Waals surface area contributed by atoms with Crippen LogP contribution in [0, 0.1) is 5.21 Å². The first-order valence-corrected chi connectivity index (χ1v) is 2.41. The Balaban J connectivity index is 2.62. The average molecular weight is 137 g/mol. The summed E-state index contributed by atoms with van der Waals surface area (Å²) in [6.45, 7) is -3.12. The van der Waals surface area contributed by atoms with Crippen molar-refractivity contribution >= 4 is 0 Å². The molecule has 0 saturated carbocycles. The van der Waals surface area contributed by atoms with Crippen LogP contribution in [-0.2, 0) is 0 Å². The third-order valence-corrected chi connectivity index (χ3v) is 1.04. The van der Waals surface area contributed by atoms with Crippen LogP contribution in [0.5, 0.6) is 0 Å². The van der Waals surface area contributed by atoms with E-state index in [-0.39, 0.29) is 13.1 Å². The van der Waals surface area contributed by atoms with Crippen molar-refractivity contribution in [1.29, 1.82) is 0 Å². The molecule has 0 bridgehead atoms. The Bertz CT molecular complexity index is 139. The van der Waals surface area contributed by atoms with E-state index in [2.05, 4.69) is 10.3 Å². The summed E-state index contributed by atoms with van der Waals surface area (Å²) in [5.41, 5.74) is 0. The van der Waals surface area contributed by atoms with Gasteiger partial charge < -0.3 is 5.21 Å². The van der Waals surface area contributed by atoms with Crippen LogP contribution in [0.2, 0.25) is 0 Å². The molecule has 4 nitrogen and oxygen atoms in total. The van der Waals surface area contributed by atoms with Gasteiger partial charge in [0.05, 0.1) is 0 Å². The van der Waals surface area contributed by atoms with Gasteiger partial charge in [-0.1, -0.05) is 0 Å². The lowest BCUT2D eigenvalue weighted by atomic mass is 10.6. The molecule has 0 fully saturated rings. The van der Waals surface area contributed by atoms with Crippen molar-refractivity contribution in [2.24, 2.45) is 10.3 Å². The predicted molar refractivity (Wildman–Crippen MR) is 24.2 cm³/mol. The summed E-state index contributed by atoms with van der Waals surface area (Å²) < 4.78 is 21.4. The van der Waals surface area contributed by atoms with Crippen molar-refractivity contribution in [1.82, 2.24) is 0 Å². The molecule has 0 aromatic heterocycles. The lowest BCUT2D eigenvalue weighted by molar-refractivity contribution is -0.938. The molecule has 0 aliphatic carbocycles. The standard InChI is InChI=1S/C3H5F2N3O/c4-3(5)8(9)2-1-6-7-8/h3H,1-2H2. The Morgan fingerprint density at radius 2 is 2.22 bits per heavy atom. The van der Waals surface area contributed by atoms with Gasteiger partial charge in [0, 0.05) is 5.22 Å². The number of halogens is 2. The molecule has 0 amide bonds. The third kappa shape index (κ3) is 1.03. The van der Waals surface area contributed by atoms with E-state index in [0.29, 0.717) is 0 Å². The number of alkyl halides is 2. The monoisotopic (exact) mass is 137 g/mol. The molecule has 6 heteroatoms. The Morgan fingerprint density at radius 1 is 1.56 bits per heavy atom. The van der Waals surface area contributed by atoms with Gasteiger partial charge in [-0.2, -0.15) is 4.76 Å². The van der Waals surface area contributed by atoms with Crippen LogP contribution < -0.4 is 0 Å². The van der Waals surface area contributed by atoms with Crippen LogP contribution in [0.1, 0.15) is 0 Å². The van der Waals surface area contributed by atoms with E-state index in [1.807, 2.05) is 0 Å². The average Bonchev–Trinajstić information content (AvgIpc) is 2.16. The highest BCUT2D eigenvalue weighted by Crippen LogP contribution is 2.19. The maximum atomic E-state index is 11.6. The second kappa shape index (κ2) is 1.96. The van der Waals surface area contributed by atoms with Gasteiger partial charge >= 0.3 is 6.55 Å². The van der Waals surface area contributed by atoms with Crippen molar-refractivity contribution in [3.8, 4) is 0 Å². The fourth-order valence-corrected chi connectivity index (χ4v) is 0.521. The van der Waals surface area contributed by atoms with E-state index in [4.69, 9.17) is 0 Å². The van der Waals surface area contributed by atoms with Gasteiger partial charge in [-0.3, -0.25) is 0 Å². The molecule has 0 aromatic rings. The molecule has 1 heterocycles. The fourth-order valence-electron chi connectivity index (χ4n) is 0.521. The van der Waals surface area contributed by atoms with E-state index in [9.17, 15) is 14.0 Å². The highest BCUT2D eigenvalue weighted by Gasteiger charge is 2.32. The second-order valence-corrected chi connectivity index (χ2v) is 1.71. The van der Waals surface area contributed by atoms with E-state index in [1.165, 1.54) is 0 Å². The molecule has 0 spiro atoms. The van der Waals surface area contributed by atoms with Gasteiger partial charge in [-0.05, 0) is 0 Å². The summed E-state index contributed by atoms with van der Waals surface area (Å²) in [6, 6.07) is 0. The fraction of sp³-hybridized carbons (Fsp3) is 1.00.